The van der Waals surface area contributed by atoms with Crippen LogP contribution in [0.1, 0.15) is 115 Å². The molecule has 0 heterocycles. The third kappa shape index (κ3) is 4.76. The lowest BCUT2D eigenvalue weighted by molar-refractivity contribution is -0.484. The van der Waals surface area contributed by atoms with E-state index in [0.717, 1.165) is 62.5 Å². The summed E-state index contributed by atoms with van der Waals surface area (Å²) in [4.78, 5) is 13.2. The first kappa shape index (κ1) is 27.8. The first-order valence-electron chi connectivity index (χ1n) is 15.0. The summed E-state index contributed by atoms with van der Waals surface area (Å²) < 4.78 is 32.0. The monoisotopic (exact) mass is 542 g/mol. The summed E-state index contributed by atoms with van der Waals surface area (Å²) >= 11 is 0. The molecule has 0 unspecified atom stereocenters. The number of Topliss-reactive ketones (excluding diaryl/α,β-unsaturated/α-hetero) is 1. The van der Waals surface area contributed by atoms with Crippen molar-refractivity contribution in [2.45, 2.75) is 122 Å². The van der Waals surface area contributed by atoms with Crippen molar-refractivity contribution in [3.05, 3.63) is 41.1 Å². The Morgan fingerprint density at radius 2 is 1.53 bits per heavy atom. The van der Waals surface area contributed by atoms with Gasteiger partial charge in [-0.2, -0.15) is 4.31 Å². The van der Waals surface area contributed by atoms with E-state index in [0.29, 0.717) is 24.1 Å². The number of hydroxylamine groups is 1. The number of fused-ring (bicyclic) bond motifs is 2. The van der Waals surface area contributed by atoms with E-state index in [1.807, 2.05) is 22.5 Å². The zero-order valence-electron chi connectivity index (χ0n) is 23.5. The lowest BCUT2D eigenvalue weighted by Gasteiger charge is -2.44. The molecular formula is C31H46N2O4S. The summed E-state index contributed by atoms with van der Waals surface area (Å²) in [6.07, 6.45) is 12.7. The van der Waals surface area contributed by atoms with Gasteiger partial charge in [-0.05, 0) is 49.9 Å². The Balaban J connectivity index is 1.51. The minimum absolute atomic E-state index is 0.00315. The van der Waals surface area contributed by atoms with Crippen LogP contribution in [-0.4, -0.2) is 52.8 Å². The maximum Gasteiger partial charge on any atom is 0.231 e. The van der Waals surface area contributed by atoms with Crippen LogP contribution in [0.25, 0.3) is 0 Å². The molecule has 4 aliphatic carbocycles. The average molecular weight is 543 g/mol. The Morgan fingerprint density at radius 3 is 2.05 bits per heavy atom. The molecule has 38 heavy (non-hydrogen) atoms. The summed E-state index contributed by atoms with van der Waals surface area (Å²) in [6.45, 7) is 6.00. The maximum atomic E-state index is 14.6. The summed E-state index contributed by atoms with van der Waals surface area (Å²) in [5.74, 6) is 0.0512. The van der Waals surface area contributed by atoms with Gasteiger partial charge >= 0.3 is 0 Å². The number of hydrogen-bond acceptors (Lipinski definition) is 4. The number of sulfonamides is 1. The van der Waals surface area contributed by atoms with Gasteiger partial charge in [0.25, 0.3) is 0 Å². The number of hydrogen-bond donors (Lipinski definition) is 0. The van der Waals surface area contributed by atoms with E-state index in [2.05, 4.69) is 13.8 Å². The molecule has 4 saturated carbocycles. The number of ketones is 1. The topological polar surface area (TPSA) is 80.5 Å². The van der Waals surface area contributed by atoms with Crippen molar-refractivity contribution in [1.29, 1.82) is 0 Å². The molecule has 210 valence electrons. The minimum Gasteiger partial charge on any atom is -0.623 e. The van der Waals surface area contributed by atoms with Crippen LogP contribution in [0.5, 0.6) is 0 Å². The molecule has 0 aromatic heterocycles. The molecule has 0 spiro atoms. The van der Waals surface area contributed by atoms with Crippen LogP contribution >= 0.6 is 0 Å². The second-order valence-electron chi connectivity index (χ2n) is 13.1. The summed E-state index contributed by atoms with van der Waals surface area (Å²) in [5.41, 5.74) is 0.126. The van der Waals surface area contributed by atoms with Gasteiger partial charge in [0.15, 0.2) is 5.71 Å². The van der Waals surface area contributed by atoms with Gasteiger partial charge in [-0.15, -0.1) is 0 Å². The molecule has 0 N–H and O–H groups in total. The molecule has 6 nitrogen and oxygen atoms in total. The number of benzene rings is 1. The van der Waals surface area contributed by atoms with Crippen molar-refractivity contribution in [1.82, 2.24) is 4.31 Å². The zero-order valence-corrected chi connectivity index (χ0v) is 24.3. The van der Waals surface area contributed by atoms with E-state index in [1.54, 1.807) is 19.1 Å². The molecule has 5 rings (SSSR count). The van der Waals surface area contributed by atoms with Crippen molar-refractivity contribution in [2.24, 2.45) is 16.7 Å². The highest BCUT2D eigenvalue weighted by Crippen LogP contribution is 2.65. The standard InChI is InChI=1S/C31H46N2O4S/c1-23(29(34)24-13-7-4-8-14-24)32(35)28-21-25-19-20-31(28,30(25,2)3)22-38(36,37)33(26-15-9-5-10-16-26)27-17-11-6-12-18-27/h4,7-8,13-14,23,25-27H,5-6,9-12,15-22H2,1-3H3/b32-28-/t23-,25+,31+/m0/s1. The molecule has 0 aliphatic heterocycles. The van der Waals surface area contributed by atoms with Crippen LogP contribution in [0.15, 0.2) is 30.3 Å². The Morgan fingerprint density at radius 1 is 0.974 bits per heavy atom. The van der Waals surface area contributed by atoms with Crippen LogP contribution in [0.4, 0.5) is 0 Å². The average Bonchev–Trinajstić information content (AvgIpc) is 3.28. The fraction of sp³-hybridized carbons (Fsp3) is 0.742. The lowest BCUT2D eigenvalue weighted by Crippen LogP contribution is -2.54. The fourth-order valence-electron chi connectivity index (χ4n) is 8.43. The summed E-state index contributed by atoms with van der Waals surface area (Å²) in [7, 11) is -3.62. The summed E-state index contributed by atoms with van der Waals surface area (Å²) in [6, 6.07) is 8.25. The number of carbonyl (C=O) groups excluding carboxylic acids is 1. The third-order valence-electron chi connectivity index (χ3n) is 10.8. The molecule has 0 saturated heterocycles. The Bertz CT molecular complexity index is 1130. The van der Waals surface area contributed by atoms with E-state index in [-0.39, 0.29) is 35.0 Å². The number of carbonyl (C=O) groups is 1. The molecule has 3 atom stereocenters. The highest BCUT2D eigenvalue weighted by atomic mass is 32.2. The van der Waals surface area contributed by atoms with Crippen LogP contribution in [0.3, 0.4) is 0 Å². The quantitative estimate of drug-likeness (QED) is 0.166. The molecule has 4 fully saturated rings. The van der Waals surface area contributed by atoms with E-state index in [4.69, 9.17) is 0 Å². The van der Waals surface area contributed by atoms with Gasteiger partial charge < -0.3 is 5.21 Å². The largest absolute Gasteiger partial charge is 0.623 e. The molecule has 4 aliphatic rings. The number of rotatable bonds is 8. The van der Waals surface area contributed by atoms with Crippen molar-refractivity contribution in [3.63, 3.8) is 0 Å². The highest BCUT2D eigenvalue weighted by molar-refractivity contribution is 7.89. The molecule has 2 bridgehead atoms. The highest BCUT2D eigenvalue weighted by Gasteiger charge is 2.68. The van der Waals surface area contributed by atoms with Gasteiger partial charge in [0.1, 0.15) is 0 Å². The van der Waals surface area contributed by atoms with E-state index < -0.39 is 21.5 Å². The van der Waals surface area contributed by atoms with Gasteiger partial charge in [0.2, 0.25) is 21.8 Å². The SMILES string of the molecule is C[C@@H](C(=O)c1ccccc1)/[N+]([O-])=C1\C[C@H]2CC[C@]1(CS(=O)(=O)N(C1CCCCC1)C1CCCCC1)C2(C)C. The van der Waals surface area contributed by atoms with Gasteiger partial charge in [0, 0.05) is 31.0 Å². The number of nitrogens with zero attached hydrogens (tertiary/aromatic N) is 2. The lowest BCUT2D eigenvalue weighted by atomic mass is 9.70. The zero-order chi connectivity index (χ0) is 27.1. The maximum absolute atomic E-state index is 14.6. The molecule has 1 aromatic carbocycles. The van der Waals surface area contributed by atoms with Gasteiger partial charge in [-0.1, -0.05) is 82.7 Å². The second kappa shape index (κ2) is 10.7. The van der Waals surface area contributed by atoms with Crippen molar-refractivity contribution >= 4 is 21.5 Å². The first-order valence-corrected chi connectivity index (χ1v) is 16.6. The van der Waals surface area contributed by atoms with Crippen LogP contribution < -0.4 is 0 Å². The van der Waals surface area contributed by atoms with Gasteiger partial charge in [-0.3, -0.25) is 4.79 Å². The van der Waals surface area contributed by atoms with E-state index >= 15 is 0 Å². The minimum atomic E-state index is -3.62. The van der Waals surface area contributed by atoms with Crippen LogP contribution in [-0.2, 0) is 10.0 Å². The van der Waals surface area contributed by atoms with Crippen molar-refractivity contribution < 1.29 is 18.0 Å². The third-order valence-corrected chi connectivity index (χ3v) is 12.9. The fourth-order valence-corrected chi connectivity index (χ4v) is 11.2. The predicted octanol–water partition coefficient (Wildman–Crippen LogP) is 6.33. The normalized spacial score (nSPS) is 30.5. The molecule has 0 radical (unpaired) electrons. The Kier molecular flexibility index (Phi) is 7.82. The molecule has 1 aromatic rings. The van der Waals surface area contributed by atoms with Crippen molar-refractivity contribution in [3.8, 4) is 0 Å². The molecule has 0 amide bonds. The van der Waals surface area contributed by atoms with E-state index in [1.165, 1.54) is 12.8 Å². The Hall–Kier alpha value is -1.73. The smallest absolute Gasteiger partial charge is 0.231 e. The van der Waals surface area contributed by atoms with Crippen molar-refractivity contribution in [2.75, 3.05) is 5.75 Å². The second-order valence-corrected chi connectivity index (χ2v) is 15.0. The van der Waals surface area contributed by atoms with E-state index in [9.17, 15) is 18.4 Å². The Labute approximate surface area is 229 Å². The summed E-state index contributed by atoms with van der Waals surface area (Å²) in [5, 5.41) is 14.0. The predicted molar refractivity (Wildman–Crippen MR) is 152 cm³/mol. The molecular weight excluding hydrogens is 496 g/mol. The molecule has 7 heteroatoms. The van der Waals surface area contributed by atoms with Gasteiger partial charge in [0.05, 0.1) is 11.2 Å². The van der Waals surface area contributed by atoms with Crippen LogP contribution in [0.2, 0.25) is 0 Å². The van der Waals surface area contributed by atoms with Crippen LogP contribution in [0, 0.1) is 22.0 Å². The van der Waals surface area contributed by atoms with Gasteiger partial charge in [-0.25, -0.2) is 13.2 Å². The first-order chi connectivity index (χ1) is 18.1.